The van der Waals surface area contributed by atoms with Gasteiger partial charge in [-0.25, -0.2) is 4.98 Å². The van der Waals surface area contributed by atoms with E-state index in [0.717, 1.165) is 25.6 Å². The Kier molecular flexibility index (Phi) is 7.39. The van der Waals surface area contributed by atoms with Crippen LogP contribution in [0, 0.1) is 0 Å². The van der Waals surface area contributed by atoms with Crippen molar-refractivity contribution in [1.29, 1.82) is 0 Å². The molecule has 1 aliphatic heterocycles. The van der Waals surface area contributed by atoms with E-state index < -0.39 is 0 Å². The number of hydrogen-bond acceptors (Lipinski definition) is 6. The first kappa shape index (κ1) is 21.7. The summed E-state index contributed by atoms with van der Waals surface area (Å²) in [4.78, 5) is 21.5. The lowest BCUT2D eigenvalue weighted by molar-refractivity contribution is 0.0745. The monoisotopic (exact) mass is 410 g/mol. The van der Waals surface area contributed by atoms with Crippen molar-refractivity contribution in [3.05, 3.63) is 30.1 Å². The van der Waals surface area contributed by atoms with Crippen molar-refractivity contribution in [1.82, 2.24) is 14.5 Å². The van der Waals surface area contributed by atoms with E-state index in [9.17, 15) is 4.79 Å². The molecule has 2 heterocycles. The zero-order valence-electron chi connectivity index (χ0n) is 16.7. The second-order valence-electron chi connectivity index (χ2n) is 6.21. The third kappa shape index (κ3) is 4.11. The highest BCUT2D eigenvalue weighted by molar-refractivity contribution is 5.95. The van der Waals surface area contributed by atoms with Crippen LogP contribution in [0.25, 0.3) is 0 Å². The highest BCUT2D eigenvalue weighted by Gasteiger charge is 2.26. The Morgan fingerprint density at radius 1 is 1.04 bits per heavy atom. The molecule has 1 aromatic heterocycles. The fraction of sp³-hybridized carbons (Fsp3) is 0.474. The summed E-state index contributed by atoms with van der Waals surface area (Å²) in [5.74, 6) is 2.34. The van der Waals surface area contributed by atoms with Gasteiger partial charge in [-0.2, -0.15) is 0 Å². The Morgan fingerprint density at radius 2 is 1.64 bits per heavy atom. The van der Waals surface area contributed by atoms with Crippen LogP contribution in [0.15, 0.2) is 24.5 Å². The van der Waals surface area contributed by atoms with Crippen LogP contribution in [-0.2, 0) is 6.54 Å². The van der Waals surface area contributed by atoms with Crippen LogP contribution in [0.3, 0.4) is 0 Å². The summed E-state index contributed by atoms with van der Waals surface area (Å²) < 4.78 is 18.1. The molecule has 0 saturated carbocycles. The largest absolute Gasteiger partial charge is 0.493 e. The number of benzene rings is 1. The molecule has 0 atom stereocenters. The van der Waals surface area contributed by atoms with Crippen LogP contribution in [-0.4, -0.2) is 67.9 Å². The molecule has 0 N–H and O–H groups in total. The number of amides is 1. The maximum atomic E-state index is 13.0. The Balaban J connectivity index is 0.00000280. The molecule has 1 aliphatic rings. The molecule has 0 aliphatic carbocycles. The average Bonchev–Trinajstić information content (AvgIpc) is 3.21. The molecule has 0 spiro atoms. The van der Waals surface area contributed by atoms with Crippen molar-refractivity contribution in [3.63, 3.8) is 0 Å². The van der Waals surface area contributed by atoms with Crippen LogP contribution in [0.2, 0.25) is 0 Å². The van der Waals surface area contributed by atoms with Gasteiger partial charge in [-0.1, -0.05) is 0 Å². The van der Waals surface area contributed by atoms with Crippen molar-refractivity contribution < 1.29 is 19.0 Å². The lowest BCUT2D eigenvalue weighted by atomic mass is 10.1. The summed E-state index contributed by atoms with van der Waals surface area (Å²) in [6, 6.07) is 3.39. The number of hydrogen-bond donors (Lipinski definition) is 0. The van der Waals surface area contributed by atoms with Crippen molar-refractivity contribution in [3.8, 4) is 17.2 Å². The van der Waals surface area contributed by atoms with Crippen molar-refractivity contribution >= 4 is 24.3 Å². The van der Waals surface area contributed by atoms with Gasteiger partial charge in [0.25, 0.3) is 5.91 Å². The van der Waals surface area contributed by atoms with E-state index in [1.165, 1.54) is 0 Å². The molecule has 1 fully saturated rings. The van der Waals surface area contributed by atoms with Crippen molar-refractivity contribution in [2.24, 2.45) is 0 Å². The number of carbonyl (C=O) groups is 1. The van der Waals surface area contributed by atoms with Crippen molar-refractivity contribution in [2.75, 3.05) is 52.4 Å². The fourth-order valence-electron chi connectivity index (χ4n) is 3.33. The smallest absolute Gasteiger partial charge is 0.254 e. The highest BCUT2D eigenvalue weighted by atomic mass is 35.5. The molecule has 1 aromatic carbocycles. The zero-order valence-corrected chi connectivity index (χ0v) is 17.5. The molecule has 8 nitrogen and oxygen atoms in total. The minimum Gasteiger partial charge on any atom is -0.493 e. The van der Waals surface area contributed by atoms with Gasteiger partial charge in [-0.15, -0.1) is 12.4 Å². The summed E-state index contributed by atoms with van der Waals surface area (Å²) in [6.07, 6.45) is 3.79. The fourth-order valence-corrected chi connectivity index (χ4v) is 3.33. The number of aryl methyl sites for hydroxylation is 1. The van der Waals surface area contributed by atoms with Crippen LogP contribution >= 0.6 is 12.4 Å². The summed E-state index contributed by atoms with van der Waals surface area (Å²) in [5, 5.41) is 0. The number of halogens is 1. The standard InChI is InChI=1S/C19H26N4O4.ClH/c1-5-21-7-6-20-19(21)23-10-8-22(9-11-23)18(24)14-12-15(25-2)17(27-4)16(13-14)26-3;/h6-7,12-13H,5,8-11H2,1-4H3;1H. The number of ether oxygens (including phenoxy) is 3. The normalized spacial score (nSPS) is 13.7. The summed E-state index contributed by atoms with van der Waals surface area (Å²) in [7, 11) is 4.63. The van der Waals surface area contributed by atoms with Gasteiger partial charge in [-0.05, 0) is 19.1 Å². The number of aromatic nitrogens is 2. The van der Waals surface area contributed by atoms with Gasteiger partial charge < -0.3 is 28.6 Å². The second-order valence-corrected chi connectivity index (χ2v) is 6.21. The molecule has 0 unspecified atom stereocenters. The van der Waals surface area contributed by atoms with Crippen LogP contribution in [0.4, 0.5) is 5.95 Å². The van der Waals surface area contributed by atoms with E-state index in [1.54, 1.807) is 33.5 Å². The summed E-state index contributed by atoms with van der Waals surface area (Å²) >= 11 is 0. The predicted molar refractivity (Wildman–Crippen MR) is 109 cm³/mol. The lowest BCUT2D eigenvalue weighted by Gasteiger charge is -2.35. The summed E-state index contributed by atoms with van der Waals surface area (Å²) in [6.45, 7) is 5.72. The Hall–Kier alpha value is -2.61. The first-order chi connectivity index (χ1) is 13.1. The summed E-state index contributed by atoms with van der Waals surface area (Å²) in [5.41, 5.74) is 0.521. The topological polar surface area (TPSA) is 69.1 Å². The minimum atomic E-state index is -0.0484. The molecule has 1 amide bonds. The molecule has 1 saturated heterocycles. The van der Waals surface area contributed by atoms with E-state index in [2.05, 4.69) is 21.4 Å². The van der Waals surface area contributed by atoms with Crippen LogP contribution < -0.4 is 19.1 Å². The van der Waals surface area contributed by atoms with Gasteiger partial charge in [0, 0.05) is 50.7 Å². The first-order valence-electron chi connectivity index (χ1n) is 8.98. The zero-order chi connectivity index (χ0) is 19.4. The molecular formula is C19H27ClN4O4. The second kappa shape index (κ2) is 9.54. The van der Waals surface area contributed by atoms with E-state index in [1.807, 2.05) is 17.3 Å². The van der Waals surface area contributed by atoms with E-state index in [4.69, 9.17) is 14.2 Å². The number of nitrogens with zero attached hydrogens (tertiary/aromatic N) is 4. The van der Waals surface area contributed by atoms with Crippen LogP contribution in [0.1, 0.15) is 17.3 Å². The predicted octanol–water partition coefficient (Wildman–Crippen LogP) is 2.31. The van der Waals surface area contributed by atoms with Gasteiger partial charge in [-0.3, -0.25) is 4.79 Å². The Labute approximate surface area is 171 Å². The Morgan fingerprint density at radius 3 is 2.14 bits per heavy atom. The number of anilines is 1. The lowest BCUT2D eigenvalue weighted by Crippen LogP contribution is -2.49. The molecule has 2 aromatic rings. The first-order valence-corrected chi connectivity index (χ1v) is 8.98. The third-order valence-corrected chi connectivity index (χ3v) is 4.80. The van der Waals surface area contributed by atoms with Gasteiger partial charge in [0.15, 0.2) is 11.5 Å². The molecule has 9 heteroatoms. The average molecular weight is 411 g/mol. The van der Waals surface area contributed by atoms with Gasteiger partial charge >= 0.3 is 0 Å². The van der Waals surface area contributed by atoms with Crippen LogP contribution in [0.5, 0.6) is 17.2 Å². The molecule has 0 radical (unpaired) electrons. The third-order valence-electron chi connectivity index (χ3n) is 4.80. The number of imidazole rings is 1. The van der Waals surface area contributed by atoms with Gasteiger partial charge in [0.2, 0.25) is 11.7 Å². The number of methoxy groups -OCH3 is 3. The molecule has 28 heavy (non-hydrogen) atoms. The van der Waals surface area contributed by atoms with E-state index >= 15 is 0 Å². The van der Waals surface area contributed by atoms with Gasteiger partial charge in [0.05, 0.1) is 21.3 Å². The Bertz CT molecular complexity index is 778. The molecule has 154 valence electrons. The van der Waals surface area contributed by atoms with E-state index in [-0.39, 0.29) is 18.3 Å². The SMILES string of the molecule is CCn1ccnc1N1CCN(C(=O)c2cc(OC)c(OC)c(OC)c2)CC1.Cl. The maximum Gasteiger partial charge on any atom is 0.254 e. The molecule has 0 bridgehead atoms. The number of piperazine rings is 1. The molecule has 3 rings (SSSR count). The minimum absolute atomic E-state index is 0. The van der Waals surface area contributed by atoms with Gasteiger partial charge in [0.1, 0.15) is 0 Å². The highest BCUT2D eigenvalue weighted by Crippen LogP contribution is 2.38. The quantitative estimate of drug-likeness (QED) is 0.728. The van der Waals surface area contributed by atoms with E-state index in [0.29, 0.717) is 35.9 Å². The number of rotatable bonds is 6. The maximum absolute atomic E-state index is 13.0. The molecular weight excluding hydrogens is 384 g/mol. The van der Waals surface area contributed by atoms with Crippen molar-refractivity contribution in [2.45, 2.75) is 13.5 Å². The number of carbonyl (C=O) groups excluding carboxylic acids is 1.